The zero-order chi connectivity index (χ0) is 12.4. The molecule has 1 N–H and O–H groups in total. The van der Waals surface area contributed by atoms with E-state index in [0.29, 0.717) is 5.92 Å². The van der Waals surface area contributed by atoms with Crippen LogP contribution in [0, 0.1) is 0 Å². The molecule has 4 heteroatoms. The molecule has 1 fully saturated rings. The van der Waals surface area contributed by atoms with Crippen molar-refractivity contribution < 1.29 is 9.90 Å². The molecule has 1 aromatic carbocycles. The van der Waals surface area contributed by atoms with Crippen molar-refractivity contribution in [1.29, 1.82) is 0 Å². The van der Waals surface area contributed by atoms with Gasteiger partial charge in [-0.15, -0.1) is 0 Å². The van der Waals surface area contributed by atoms with E-state index in [1.807, 2.05) is 23.9 Å². The molecule has 2 rings (SSSR count). The summed E-state index contributed by atoms with van der Waals surface area (Å²) in [5.41, 5.74) is 2.18. The van der Waals surface area contributed by atoms with Crippen LogP contribution in [0.5, 0.6) is 0 Å². The predicted molar refractivity (Wildman–Crippen MR) is 74.9 cm³/mol. The van der Waals surface area contributed by atoms with Crippen LogP contribution in [0.15, 0.2) is 22.7 Å². The molecule has 92 valence electrons. The summed E-state index contributed by atoms with van der Waals surface area (Å²) in [4.78, 5) is 10.9. The van der Waals surface area contributed by atoms with Gasteiger partial charge in [0.05, 0.1) is 5.92 Å². The Balaban J connectivity index is 2.25. The highest BCUT2D eigenvalue weighted by atomic mass is 79.9. The van der Waals surface area contributed by atoms with E-state index in [1.54, 1.807) is 6.92 Å². The van der Waals surface area contributed by atoms with Gasteiger partial charge in [-0.05, 0) is 42.2 Å². The Bertz CT molecular complexity index is 427. The van der Waals surface area contributed by atoms with Gasteiger partial charge in [-0.2, -0.15) is 11.8 Å². The topological polar surface area (TPSA) is 37.3 Å². The van der Waals surface area contributed by atoms with Crippen LogP contribution in [0.2, 0.25) is 0 Å². The monoisotopic (exact) mass is 314 g/mol. The highest BCUT2D eigenvalue weighted by Crippen LogP contribution is 2.37. The Morgan fingerprint density at radius 1 is 1.59 bits per heavy atom. The fourth-order valence-corrected chi connectivity index (χ4v) is 4.04. The molecule has 0 radical (unpaired) electrons. The van der Waals surface area contributed by atoms with Crippen LogP contribution in [-0.4, -0.2) is 22.6 Å². The lowest BCUT2D eigenvalue weighted by Gasteiger charge is -2.14. The smallest absolute Gasteiger partial charge is 0.310 e. The van der Waals surface area contributed by atoms with E-state index < -0.39 is 11.9 Å². The quantitative estimate of drug-likeness (QED) is 0.920. The maximum atomic E-state index is 10.9. The fourth-order valence-electron chi connectivity index (χ4n) is 2.07. The average molecular weight is 315 g/mol. The molecule has 0 amide bonds. The first-order chi connectivity index (χ1) is 8.09. The van der Waals surface area contributed by atoms with E-state index in [4.69, 9.17) is 5.11 Å². The molecule has 2 unspecified atom stereocenters. The van der Waals surface area contributed by atoms with Crippen molar-refractivity contribution in [3.05, 3.63) is 33.8 Å². The number of hydrogen-bond acceptors (Lipinski definition) is 2. The number of aliphatic carboxylic acids is 1. The number of halogens is 1. The molecule has 1 heterocycles. The molecule has 17 heavy (non-hydrogen) atoms. The van der Waals surface area contributed by atoms with Gasteiger partial charge >= 0.3 is 5.97 Å². The minimum atomic E-state index is -0.777. The third kappa shape index (κ3) is 2.86. The zero-order valence-electron chi connectivity index (χ0n) is 9.65. The molecule has 0 saturated carbocycles. The Hall–Kier alpha value is -0.480. The van der Waals surface area contributed by atoms with Crippen molar-refractivity contribution in [2.24, 2.45) is 0 Å². The number of carboxylic acid groups (broad SMARTS) is 1. The summed E-state index contributed by atoms with van der Waals surface area (Å²) in [5, 5.41) is 8.99. The first kappa shape index (κ1) is 13.0. The van der Waals surface area contributed by atoms with E-state index in [-0.39, 0.29) is 0 Å². The van der Waals surface area contributed by atoms with Crippen LogP contribution >= 0.6 is 27.7 Å². The van der Waals surface area contributed by atoms with Crippen LogP contribution in [0.4, 0.5) is 0 Å². The number of rotatable bonds is 3. The summed E-state index contributed by atoms with van der Waals surface area (Å²) in [5.74, 6) is 1.79. The van der Waals surface area contributed by atoms with Crippen molar-refractivity contribution in [2.75, 3.05) is 11.5 Å². The molecule has 0 bridgehead atoms. The lowest BCUT2D eigenvalue weighted by Crippen LogP contribution is -2.08. The highest BCUT2D eigenvalue weighted by molar-refractivity contribution is 9.10. The molecule has 2 atom stereocenters. The minimum Gasteiger partial charge on any atom is -0.481 e. The summed E-state index contributed by atoms with van der Waals surface area (Å²) in [6, 6.07) is 5.98. The Morgan fingerprint density at radius 3 is 2.88 bits per heavy atom. The normalized spacial score (nSPS) is 21.4. The van der Waals surface area contributed by atoms with Gasteiger partial charge in [-0.25, -0.2) is 0 Å². The van der Waals surface area contributed by atoms with Gasteiger partial charge in [0, 0.05) is 10.2 Å². The van der Waals surface area contributed by atoms with E-state index >= 15 is 0 Å². The Kier molecular flexibility index (Phi) is 4.15. The first-order valence-corrected chi connectivity index (χ1v) is 7.64. The van der Waals surface area contributed by atoms with Gasteiger partial charge in [-0.3, -0.25) is 4.79 Å². The molecule has 1 aliphatic rings. The number of carboxylic acids is 1. The molecule has 0 spiro atoms. The molecular weight excluding hydrogens is 300 g/mol. The average Bonchev–Trinajstić information content (AvgIpc) is 2.81. The standard InChI is InChI=1S/C13H15BrO2S/c1-8(13(15)16)9-2-3-11(12(14)6-9)10-4-5-17-7-10/h2-3,6,8,10H,4-5,7H2,1H3,(H,15,16). The van der Waals surface area contributed by atoms with Crippen molar-refractivity contribution in [3.63, 3.8) is 0 Å². The van der Waals surface area contributed by atoms with E-state index in [0.717, 1.165) is 10.0 Å². The van der Waals surface area contributed by atoms with Gasteiger partial charge < -0.3 is 5.11 Å². The minimum absolute atomic E-state index is 0.446. The summed E-state index contributed by atoms with van der Waals surface area (Å²) < 4.78 is 1.05. The maximum Gasteiger partial charge on any atom is 0.310 e. The third-order valence-corrected chi connectivity index (χ3v) is 5.11. The Morgan fingerprint density at radius 2 is 2.35 bits per heavy atom. The number of thioether (sulfide) groups is 1. The summed E-state index contributed by atoms with van der Waals surface area (Å²) in [6.45, 7) is 1.72. The predicted octanol–water partition coefficient (Wildman–Crippen LogP) is 3.86. The van der Waals surface area contributed by atoms with Crippen LogP contribution in [0.1, 0.15) is 36.3 Å². The molecule has 0 aromatic heterocycles. The van der Waals surface area contributed by atoms with Gasteiger partial charge in [0.25, 0.3) is 0 Å². The fraction of sp³-hybridized carbons (Fsp3) is 0.462. The molecule has 0 aliphatic carbocycles. The SMILES string of the molecule is CC(C(=O)O)c1ccc(C2CCSC2)c(Br)c1. The molecule has 1 aromatic rings. The van der Waals surface area contributed by atoms with Crippen molar-refractivity contribution in [3.8, 4) is 0 Å². The van der Waals surface area contributed by atoms with Crippen molar-refractivity contribution in [2.45, 2.75) is 25.2 Å². The van der Waals surface area contributed by atoms with Crippen molar-refractivity contribution in [1.82, 2.24) is 0 Å². The van der Waals surface area contributed by atoms with E-state index in [1.165, 1.54) is 23.5 Å². The third-order valence-electron chi connectivity index (χ3n) is 3.26. The van der Waals surface area contributed by atoms with Gasteiger partial charge in [0.2, 0.25) is 0 Å². The summed E-state index contributed by atoms with van der Waals surface area (Å²) in [7, 11) is 0. The second kappa shape index (κ2) is 5.44. The highest BCUT2D eigenvalue weighted by Gasteiger charge is 2.21. The zero-order valence-corrected chi connectivity index (χ0v) is 12.1. The summed E-state index contributed by atoms with van der Waals surface area (Å²) in [6.07, 6.45) is 1.22. The first-order valence-electron chi connectivity index (χ1n) is 5.69. The lowest BCUT2D eigenvalue weighted by atomic mass is 9.94. The molecular formula is C13H15BrO2S. The molecule has 2 nitrogen and oxygen atoms in total. The second-order valence-electron chi connectivity index (χ2n) is 4.40. The molecule has 1 saturated heterocycles. The summed E-state index contributed by atoms with van der Waals surface area (Å²) >= 11 is 5.56. The van der Waals surface area contributed by atoms with Crippen molar-refractivity contribution >= 4 is 33.7 Å². The van der Waals surface area contributed by atoms with Gasteiger partial charge in [0.15, 0.2) is 0 Å². The van der Waals surface area contributed by atoms with Gasteiger partial charge in [0.1, 0.15) is 0 Å². The number of hydrogen-bond donors (Lipinski definition) is 1. The largest absolute Gasteiger partial charge is 0.481 e. The molecule has 1 aliphatic heterocycles. The van der Waals surface area contributed by atoms with Gasteiger partial charge in [-0.1, -0.05) is 28.1 Å². The maximum absolute atomic E-state index is 10.9. The van der Waals surface area contributed by atoms with Crippen LogP contribution in [0.3, 0.4) is 0 Å². The number of carbonyl (C=O) groups is 1. The van der Waals surface area contributed by atoms with E-state index in [2.05, 4.69) is 22.0 Å². The lowest BCUT2D eigenvalue weighted by molar-refractivity contribution is -0.138. The van der Waals surface area contributed by atoms with Crippen LogP contribution < -0.4 is 0 Å². The Labute approximate surface area is 114 Å². The van der Waals surface area contributed by atoms with Crippen LogP contribution in [0.25, 0.3) is 0 Å². The van der Waals surface area contributed by atoms with Crippen LogP contribution in [-0.2, 0) is 4.79 Å². The second-order valence-corrected chi connectivity index (χ2v) is 6.41. The van der Waals surface area contributed by atoms with E-state index in [9.17, 15) is 4.79 Å². The number of benzene rings is 1.